The van der Waals surface area contributed by atoms with Crippen LogP contribution >= 0.6 is 0 Å². The largest absolute Gasteiger partial charge is 0.338 e. The zero-order chi connectivity index (χ0) is 23.1. The van der Waals surface area contributed by atoms with Gasteiger partial charge in [-0.05, 0) is 55.4 Å². The van der Waals surface area contributed by atoms with Gasteiger partial charge >= 0.3 is 12.1 Å². The lowest BCUT2D eigenvalue weighted by Gasteiger charge is -2.29. The van der Waals surface area contributed by atoms with Gasteiger partial charge in [-0.3, -0.25) is 0 Å². The molecule has 0 aromatic heterocycles. The van der Waals surface area contributed by atoms with E-state index in [2.05, 4.69) is 21.3 Å². The Morgan fingerprint density at radius 3 is 1.62 bits per heavy atom. The highest BCUT2D eigenvalue weighted by Gasteiger charge is 2.23. The van der Waals surface area contributed by atoms with Gasteiger partial charge in [-0.25, -0.2) is 27.2 Å². The van der Waals surface area contributed by atoms with Crippen LogP contribution in [0.5, 0.6) is 0 Å². The summed E-state index contributed by atoms with van der Waals surface area (Å²) in [6.07, 6.45) is 3.40. The number of hydrogen-bond acceptors (Lipinski definition) is 2. The molecule has 10 heteroatoms. The van der Waals surface area contributed by atoms with Crippen molar-refractivity contribution in [3.05, 3.63) is 59.7 Å². The summed E-state index contributed by atoms with van der Waals surface area (Å²) < 4.78 is 53.6. The lowest BCUT2D eigenvalue weighted by atomic mass is 9.81. The van der Waals surface area contributed by atoms with Gasteiger partial charge < -0.3 is 21.3 Å². The Bertz CT molecular complexity index is 897. The molecule has 0 radical (unpaired) electrons. The molecule has 1 aliphatic rings. The third-order valence-corrected chi connectivity index (χ3v) is 5.35. The van der Waals surface area contributed by atoms with Crippen molar-refractivity contribution in [3.63, 3.8) is 0 Å². The second kappa shape index (κ2) is 10.8. The quantitative estimate of drug-likeness (QED) is 0.466. The van der Waals surface area contributed by atoms with Gasteiger partial charge in [0.05, 0.1) is 11.4 Å². The molecule has 0 aliphatic heterocycles. The Balaban J connectivity index is 1.41. The molecule has 0 heterocycles. The summed E-state index contributed by atoms with van der Waals surface area (Å²) in [5.41, 5.74) is -0.483. The molecule has 2 atom stereocenters. The maximum atomic E-state index is 13.6. The Labute approximate surface area is 182 Å². The van der Waals surface area contributed by atoms with Crippen LogP contribution in [-0.4, -0.2) is 25.2 Å². The van der Waals surface area contributed by atoms with E-state index in [1.165, 1.54) is 0 Å². The molecule has 2 unspecified atom stereocenters. The van der Waals surface area contributed by atoms with Gasteiger partial charge in [-0.15, -0.1) is 0 Å². The van der Waals surface area contributed by atoms with Crippen LogP contribution in [0.2, 0.25) is 0 Å². The van der Waals surface area contributed by atoms with Gasteiger partial charge in [0.25, 0.3) is 0 Å². The summed E-state index contributed by atoms with van der Waals surface area (Å²) in [6, 6.07) is 4.33. The van der Waals surface area contributed by atoms with Crippen LogP contribution in [-0.2, 0) is 0 Å². The third kappa shape index (κ3) is 6.86. The molecule has 1 saturated carbocycles. The number of amides is 4. The van der Waals surface area contributed by atoms with Gasteiger partial charge in [-0.2, -0.15) is 0 Å². The number of carbonyl (C=O) groups is 2. The number of hydrogen-bond donors (Lipinski definition) is 4. The summed E-state index contributed by atoms with van der Waals surface area (Å²) in [7, 11) is 0. The molecular weight excluding hydrogens is 428 g/mol. The first-order chi connectivity index (χ1) is 15.3. The van der Waals surface area contributed by atoms with E-state index in [-0.39, 0.29) is 23.2 Å². The lowest BCUT2D eigenvalue weighted by Crippen LogP contribution is -2.38. The minimum Gasteiger partial charge on any atom is -0.338 e. The number of nitrogens with one attached hydrogen (secondary N) is 4. The zero-order valence-corrected chi connectivity index (χ0v) is 17.2. The van der Waals surface area contributed by atoms with E-state index in [0.717, 1.165) is 62.1 Å². The molecule has 2 aromatic rings. The molecule has 6 nitrogen and oxygen atoms in total. The van der Waals surface area contributed by atoms with E-state index in [0.29, 0.717) is 13.1 Å². The molecule has 172 valence electrons. The van der Waals surface area contributed by atoms with Crippen molar-refractivity contribution in [2.75, 3.05) is 23.7 Å². The van der Waals surface area contributed by atoms with E-state index >= 15 is 0 Å². The van der Waals surface area contributed by atoms with Gasteiger partial charge in [0.2, 0.25) is 0 Å². The van der Waals surface area contributed by atoms with Crippen LogP contribution in [0.4, 0.5) is 38.5 Å². The molecule has 1 fully saturated rings. The molecule has 3 rings (SSSR count). The molecular formula is C22H24F4N4O2. The summed E-state index contributed by atoms with van der Waals surface area (Å²) in [4.78, 5) is 24.0. The van der Waals surface area contributed by atoms with Gasteiger partial charge in [-0.1, -0.05) is 6.42 Å². The highest BCUT2D eigenvalue weighted by Crippen LogP contribution is 2.28. The maximum absolute atomic E-state index is 13.6. The second-order valence-electron chi connectivity index (χ2n) is 7.82. The molecule has 2 aromatic carbocycles. The minimum absolute atomic E-state index is 0.155. The van der Waals surface area contributed by atoms with Crippen LogP contribution in [0, 0.1) is 35.1 Å². The highest BCUT2D eigenvalue weighted by molar-refractivity contribution is 5.89. The van der Waals surface area contributed by atoms with Crippen LogP contribution < -0.4 is 21.3 Å². The maximum Gasteiger partial charge on any atom is 0.319 e. The summed E-state index contributed by atoms with van der Waals surface area (Å²) in [5.74, 6) is -2.48. The van der Waals surface area contributed by atoms with Gasteiger partial charge in [0, 0.05) is 25.2 Å². The van der Waals surface area contributed by atoms with E-state index in [1.54, 1.807) is 0 Å². The van der Waals surface area contributed by atoms with E-state index < -0.39 is 35.3 Å². The Morgan fingerprint density at radius 1 is 0.750 bits per heavy atom. The second-order valence-corrected chi connectivity index (χ2v) is 7.82. The number of benzene rings is 2. The van der Waals surface area contributed by atoms with Crippen LogP contribution in [0.15, 0.2) is 36.4 Å². The standard InChI is InChI=1S/C22H24F4N4O2/c23-15-4-6-17(25)19(9-15)29-21(31)27-11-13-2-1-3-14(8-13)12-28-22(32)30-20-10-16(24)5-7-18(20)26/h4-7,9-10,13-14H,1-3,8,11-12H2,(H2,27,29,31)(H2,28,30,32). The van der Waals surface area contributed by atoms with Crippen molar-refractivity contribution in [1.29, 1.82) is 0 Å². The average Bonchev–Trinajstić information content (AvgIpc) is 2.76. The lowest BCUT2D eigenvalue weighted by molar-refractivity contribution is 0.230. The number of urea groups is 2. The first kappa shape index (κ1) is 23.4. The van der Waals surface area contributed by atoms with E-state index in [1.807, 2.05) is 0 Å². The number of halogens is 4. The molecule has 32 heavy (non-hydrogen) atoms. The molecule has 0 saturated heterocycles. The molecule has 0 spiro atoms. The SMILES string of the molecule is O=C(NCC1CCCC(CNC(=O)Nc2cc(F)ccc2F)C1)Nc1cc(F)ccc1F. The monoisotopic (exact) mass is 452 g/mol. The van der Waals surface area contributed by atoms with Crippen molar-refractivity contribution in [2.45, 2.75) is 25.7 Å². The number of rotatable bonds is 6. The molecule has 0 bridgehead atoms. The van der Waals surface area contributed by atoms with Crippen LogP contribution in [0.3, 0.4) is 0 Å². The highest BCUT2D eigenvalue weighted by atomic mass is 19.1. The van der Waals surface area contributed by atoms with Crippen molar-refractivity contribution >= 4 is 23.4 Å². The van der Waals surface area contributed by atoms with Crippen molar-refractivity contribution in [2.24, 2.45) is 11.8 Å². The van der Waals surface area contributed by atoms with E-state index in [9.17, 15) is 27.2 Å². The molecule has 1 aliphatic carbocycles. The fraction of sp³-hybridized carbons (Fsp3) is 0.364. The van der Waals surface area contributed by atoms with Crippen molar-refractivity contribution in [1.82, 2.24) is 10.6 Å². The fourth-order valence-electron chi connectivity index (χ4n) is 3.77. The zero-order valence-electron chi connectivity index (χ0n) is 17.2. The normalized spacial score (nSPS) is 18.0. The molecule has 4 N–H and O–H groups in total. The minimum atomic E-state index is -0.734. The Hall–Kier alpha value is -3.30. The first-order valence-corrected chi connectivity index (χ1v) is 10.3. The third-order valence-electron chi connectivity index (χ3n) is 5.35. The van der Waals surface area contributed by atoms with Gasteiger partial charge in [0.1, 0.15) is 23.3 Å². The fourth-order valence-corrected chi connectivity index (χ4v) is 3.77. The van der Waals surface area contributed by atoms with Crippen LogP contribution in [0.25, 0.3) is 0 Å². The average molecular weight is 452 g/mol. The summed E-state index contributed by atoms with van der Waals surface area (Å²) in [6.45, 7) is 0.694. The first-order valence-electron chi connectivity index (χ1n) is 10.3. The predicted molar refractivity (Wildman–Crippen MR) is 112 cm³/mol. The Kier molecular flexibility index (Phi) is 7.91. The number of carbonyl (C=O) groups excluding carboxylic acids is 2. The van der Waals surface area contributed by atoms with E-state index in [4.69, 9.17) is 0 Å². The molecule has 4 amide bonds. The van der Waals surface area contributed by atoms with Crippen molar-refractivity contribution < 1.29 is 27.2 Å². The van der Waals surface area contributed by atoms with Gasteiger partial charge in [0.15, 0.2) is 0 Å². The topological polar surface area (TPSA) is 82.3 Å². The summed E-state index contributed by atoms with van der Waals surface area (Å²) >= 11 is 0. The van der Waals surface area contributed by atoms with Crippen LogP contribution in [0.1, 0.15) is 25.7 Å². The van der Waals surface area contributed by atoms with Crippen molar-refractivity contribution in [3.8, 4) is 0 Å². The predicted octanol–water partition coefficient (Wildman–Crippen LogP) is 4.99. The summed E-state index contributed by atoms with van der Waals surface area (Å²) in [5, 5.41) is 9.89. The smallest absolute Gasteiger partial charge is 0.319 e. The number of anilines is 2. The Morgan fingerprint density at radius 2 is 1.19 bits per heavy atom.